The molecule has 0 amide bonds. The van der Waals surface area contributed by atoms with Crippen LogP contribution in [0.25, 0.3) is 20.2 Å². The van der Waals surface area contributed by atoms with Gasteiger partial charge in [0.05, 0.1) is 29.9 Å². The summed E-state index contributed by atoms with van der Waals surface area (Å²) in [5.74, 6) is -0.685. The Kier molecular flexibility index (Phi) is 7.45. The molecule has 4 rings (SSSR count). The van der Waals surface area contributed by atoms with Gasteiger partial charge in [-0.1, -0.05) is 6.07 Å². The maximum Gasteiger partial charge on any atom is 0.416 e. The second-order valence-electron chi connectivity index (χ2n) is 8.94. The summed E-state index contributed by atoms with van der Waals surface area (Å²) in [4.78, 5) is 13.1. The lowest BCUT2D eigenvalue weighted by Crippen LogP contribution is -2.47. The Hall–Kier alpha value is -3.19. The first-order chi connectivity index (χ1) is 17.7. The summed E-state index contributed by atoms with van der Waals surface area (Å²) in [5.41, 5.74) is 2.20. The van der Waals surface area contributed by atoms with Gasteiger partial charge in [-0.15, -0.1) is 11.3 Å². The van der Waals surface area contributed by atoms with Crippen molar-refractivity contribution in [2.45, 2.75) is 30.7 Å². The summed E-state index contributed by atoms with van der Waals surface area (Å²) in [6, 6.07) is 10.2. The van der Waals surface area contributed by atoms with Gasteiger partial charge in [0.15, 0.2) is 5.43 Å². The highest BCUT2D eigenvalue weighted by Gasteiger charge is 2.37. The van der Waals surface area contributed by atoms with Crippen molar-refractivity contribution in [2.24, 2.45) is 5.73 Å². The minimum absolute atomic E-state index is 0.0144. The van der Waals surface area contributed by atoms with Gasteiger partial charge in [-0.3, -0.25) is 4.79 Å². The molecular weight excluding hydrogens is 536 g/mol. The molecule has 0 saturated carbocycles. The summed E-state index contributed by atoms with van der Waals surface area (Å²) in [5, 5.41) is 19.4. The molecule has 0 unspecified atom stereocenters. The lowest BCUT2D eigenvalue weighted by Gasteiger charge is -2.24. The number of alkyl halides is 6. The molecule has 0 aliphatic rings. The van der Waals surface area contributed by atoms with Crippen molar-refractivity contribution in [1.82, 2.24) is 0 Å². The molecule has 12 heteroatoms. The number of fused-ring (bicyclic) bond motifs is 2. The van der Waals surface area contributed by atoms with E-state index < -0.39 is 48.0 Å². The molecule has 0 aliphatic heterocycles. The molecule has 0 spiro atoms. The van der Waals surface area contributed by atoms with E-state index in [4.69, 9.17) is 10.5 Å². The van der Waals surface area contributed by atoms with Gasteiger partial charge in [-0.2, -0.15) is 26.3 Å². The number of rotatable bonds is 7. The van der Waals surface area contributed by atoms with Crippen molar-refractivity contribution < 1.29 is 41.3 Å². The Morgan fingerprint density at radius 3 is 1.97 bits per heavy atom. The molecule has 4 aromatic rings. The van der Waals surface area contributed by atoms with Gasteiger partial charge >= 0.3 is 12.4 Å². The van der Waals surface area contributed by atoms with E-state index in [0.717, 1.165) is 5.56 Å². The van der Waals surface area contributed by atoms with E-state index in [1.807, 2.05) is 0 Å². The fourth-order valence-electron chi connectivity index (χ4n) is 3.82. The number of aliphatic hydroxyl groups is 2. The molecule has 0 bridgehead atoms. The van der Waals surface area contributed by atoms with Crippen LogP contribution in [0.1, 0.15) is 23.1 Å². The molecule has 0 radical (unpaired) electrons. The summed E-state index contributed by atoms with van der Waals surface area (Å²) in [6.07, 6.45) is -9.34. The summed E-state index contributed by atoms with van der Waals surface area (Å²) >= 11 is 1.20. The average Bonchev–Trinajstić information content (AvgIpc) is 2.86. The van der Waals surface area contributed by atoms with Crippen LogP contribution in [0.15, 0.2) is 59.4 Å². The number of aryl methyl sites for hydroxylation is 1. The van der Waals surface area contributed by atoms with E-state index in [1.54, 1.807) is 18.2 Å². The summed E-state index contributed by atoms with van der Waals surface area (Å²) < 4.78 is 85.4. The Balaban J connectivity index is 1.69. The summed E-state index contributed by atoms with van der Waals surface area (Å²) in [7, 11) is 0. The zero-order valence-electron chi connectivity index (χ0n) is 19.5. The minimum atomic E-state index is -5.01. The molecule has 38 heavy (non-hydrogen) atoms. The van der Waals surface area contributed by atoms with E-state index in [9.17, 15) is 41.4 Å². The van der Waals surface area contributed by atoms with Crippen LogP contribution in [0.3, 0.4) is 0 Å². The van der Waals surface area contributed by atoms with E-state index in [-0.39, 0.29) is 23.7 Å². The van der Waals surface area contributed by atoms with Crippen molar-refractivity contribution >= 4 is 31.5 Å². The molecule has 4 N–H and O–H groups in total. The molecule has 0 fully saturated rings. The minimum Gasteiger partial charge on any atom is -0.457 e. The van der Waals surface area contributed by atoms with Crippen LogP contribution in [-0.4, -0.2) is 29.0 Å². The van der Waals surface area contributed by atoms with Crippen LogP contribution in [0.2, 0.25) is 0 Å². The predicted molar refractivity (Wildman–Crippen MR) is 132 cm³/mol. The first-order valence-corrected chi connectivity index (χ1v) is 12.0. The number of halogens is 6. The molecule has 3 aromatic carbocycles. The Morgan fingerprint density at radius 2 is 1.39 bits per heavy atom. The van der Waals surface area contributed by atoms with Gasteiger partial charge in [0.25, 0.3) is 0 Å². The quantitative estimate of drug-likeness (QED) is 0.196. The number of hydrogen-bond donors (Lipinski definition) is 3. The van der Waals surface area contributed by atoms with Crippen molar-refractivity contribution in [2.75, 3.05) is 13.2 Å². The largest absolute Gasteiger partial charge is 0.457 e. The van der Waals surface area contributed by atoms with Crippen molar-refractivity contribution in [3.05, 3.63) is 81.5 Å². The first kappa shape index (κ1) is 27.8. The van der Waals surface area contributed by atoms with E-state index in [0.29, 0.717) is 38.7 Å². The van der Waals surface area contributed by atoms with Gasteiger partial charge in [-0.25, -0.2) is 0 Å². The summed E-state index contributed by atoms with van der Waals surface area (Å²) in [6.45, 7) is -0.808. The number of benzene rings is 3. The normalized spacial score (nSPS) is 12.9. The molecular formula is C26H21F6NO4S. The van der Waals surface area contributed by atoms with Crippen LogP contribution in [0.5, 0.6) is 11.5 Å². The second-order valence-corrected chi connectivity index (χ2v) is 10.0. The number of aliphatic hydroxyl groups excluding tert-OH is 2. The lowest BCUT2D eigenvalue weighted by atomic mass is 9.93. The number of nitrogens with two attached hydrogens (primary N) is 1. The van der Waals surface area contributed by atoms with Gasteiger partial charge < -0.3 is 20.7 Å². The van der Waals surface area contributed by atoms with Crippen LogP contribution in [-0.2, 0) is 18.8 Å². The van der Waals surface area contributed by atoms with Gasteiger partial charge in [0.2, 0.25) is 0 Å². The van der Waals surface area contributed by atoms with Crippen molar-refractivity contribution in [1.29, 1.82) is 0 Å². The van der Waals surface area contributed by atoms with Crippen LogP contribution in [0, 0.1) is 0 Å². The zero-order chi connectivity index (χ0) is 27.9. The molecule has 0 atom stereocenters. The molecule has 0 aliphatic carbocycles. The third kappa shape index (κ3) is 5.93. The molecule has 1 heterocycles. The number of hydrogen-bond acceptors (Lipinski definition) is 6. The SMILES string of the molecule is NC(CO)(CO)CCc1ccc2sc3cc(Oc4cc(C(F)(F)F)cc(C(F)(F)F)c4)ccc3c(=O)c2c1. The van der Waals surface area contributed by atoms with Crippen LogP contribution in [0.4, 0.5) is 26.3 Å². The topological polar surface area (TPSA) is 92.8 Å². The Bertz CT molecular complexity index is 1510. The van der Waals surface area contributed by atoms with Crippen molar-refractivity contribution in [3.8, 4) is 11.5 Å². The molecule has 1 aromatic heterocycles. The predicted octanol–water partition coefficient (Wildman–Crippen LogP) is 5.86. The number of ether oxygens (including phenoxy) is 1. The second kappa shape index (κ2) is 10.2. The lowest BCUT2D eigenvalue weighted by molar-refractivity contribution is -0.143. The molecule has 202 valence electrons. The van der Waals surface area contributed by atoms with E-state index in [2.05, 4.69) is 0 Å². The van der Waals surface area contributed by atoms with E-state index >= 15 is 0 Å². The average molecular weight is 558 g/mol. The van der Waals surface area contributed by atoms with Crippen molar-refractivity contribution in [3.63, 3.8) is 0 Å². The fourth-order valence-corrected chi connectivity index (χ4v) is 4.90. The van der Waals surface area contributed by atoms with Crippen LogP contribution >= 0.6 is 11.3 Å². The van der Waals surface area contributed by atoms with Gasteiger partial charge in [0.1, 0.15) is 11.5 Å². The fraction of sp³-hybridized carbons (Fsp3) is 0.269. The maximum atomic E-state index is 13.2. The van der Waals surface area contributed by atoms with E-state index in [1.165, 1.54) is 29.5 Å². The highest BCUT2D eigenvalue weighted by atomic mass is 32.1. The Morgan fingerprint density at radius 1 is 0.763 bits per heavy atom. The van der Waals surface area contributed by atoms with Gasteiger partial charge in [-0.05, 0) is 66.9 Å². The molecule has 5 nitrogen and oxygen atoms in total. The van der Waals surface area contributed by atoms with Crippen LogP contribution < -0.4 is 15.9 Å². The molecule has 0 saturated heterocycles. The third-order valence-corrected chi connectivity index (χ3v) is 7.18. The Labute approximate surface area is 215 Å². The highest BCUT2D eigenvalue weighted by molar-refractivity contribution is 7.24. The van der Waals surface area contributed by atoms with Gasteiger partial charge in [0, 0.05) is 20.2 Å². The highest BCUT2D eigenvalue weighted by Crippen LogP contribution is 2.39. The zero-order valence-corrected chi connectivity index (χ0v) is 20.3. The third-order valence-electron chi connectivity index (χ3n) is 6.04. The first-order valence-electron chi connectivity index (χ1n) is 11.2. The monoisotopic (exact) mass is 557 g/mol. The standard InChI is InChI=1S/C26H21F6NO4S/c27-25(28,29)15-8-16(26(30,31)32)10-18(9-15)37-17-2-3-19-22(11-17)38-21-4-1-14(7-20(21)23(19)36)5-6-24(33,12-34)13-35/h1-4,7-11,34-35H,5-6,12-13,33H2. The smallest absolute Gasteiger partial charge is 0.416 e. The maximum absolute atomic E-state index is 13.2.